The number of rotatable bonds is 6. The molecule has 0 aliphatic heterocycles. The molecule has 0 aliphatic rings. The summed E-state index contributed by atoms with van der Waals surface area (Å²) in [6.07, 6.45) is 1.75. The van der Waals surface area contributed by atoms with Crippen LogP contribution in [0.4, 0.5) is 0 Å². The summed E-state index contributed by atoms with van der Waals surface area (Å²) < 4.78 is 6.16. The molecule has 0 unspecified atom stereocenters. The molecule has 7 nitrogen and oxygen atoms in total. The number of halogens is 1. The molecule has 0 spiro atoms. The van der Waals surface area contributed by atoms with Gasteiger partial charge in [0.25, 0.3) is 5.91 Å². The van der Waals surface area contributed by atoms with Gasteiger partial charge in [-0.3, -0.25) is 4.79 Å². The highest BCUT2D eigenvalue weighted by Gasteiger charge is 2.16. The van der Waals surface area contributed by atoms with Crippen LogP contribution in [-0.4, -0.2) is 33.4 Å². The lowest BCUT2D eigenvalue weighted by atomic mass is 10.1. The van der Waals surface area contributed by atoms with Crippen molar-refractivity contribution in [3.8, 4) is 28.3 Å². The first-order valence-corrected chi connectivity index (χ1v) is 9.70. The molecule has 2 heterocycles. The number of hydrogen-bond acceptors (Lipinski definition) is 4. The molecular weight excluding hydrogens is 434 g/mol. The van der Waals surface area contributed by atoms with E-state index in [1.54, 1.807) is 19.4 Å². The molecule has 8 heteroatoms. The van der Waals surface area contributed by atoms with Gasteiger partial charge in [0, 0.05) is 28.3 Å². The lowest BCUT2D eigenvalue weighted by molar-refractivity contribution is 0.0946. The van der Waals surface area contributed by atoms with Gasteiger partial charge in [-0.15, -0.1) is 0 Å². The number of aromatic amines is 2. The van der Waals surface area contributed by atoms with Crippen molar-refractivity contribution in [3.63, 3.8) is 0 Å². The van der Waals surface area contributed by atoms with Crippen molar-refractivity contribution in [3.05, 3.63) is 76.5 Å². The van der Waals surface area contributed by atoms with Crippen molar-refractivity contribution < 1.29 is 9.53 Å². The topological polar surface area (TPSA) is 95.7 Å². The first-order chi connectivity index (χ1) is 14.1. The summed E-state index contributed by atoms with van der Waals surface area (Å²) in [4.78, 5) is 15.5. The lowest BCUT2D eigenvalue weighted by Gasteiger charge is -2.06. The number of amides is 1. The van der Waals surface area contributed by atoms with E-state index >= 15 is 0 Å². The van der Waals surface area contributed by atoms with Crippen LogP contribution in [0.1, 0.15) is 16.1 Å². The van der Waals surface area contributed by atoms with Crippen molar-refractivity contribution >= 4 is 21.8 Å². The number of methoxy groups -OCH3 is 1. The SMILES string of the molecule is COc1cccc(CNC(=O)c2cc(-c3n[nH]nc3-c3cccc(Br)c3)c[nH]2)c1. The molecule has 146 valence electrons. The summed E-state index contributed by atoms with van der Waals surface area (Å²) in [5, 5.41) is 14.1. The molecule has 4 aromatic rings. The molecule has 3 N–H and O–H groups in total. The number of carbonyl (C=O) groups excluding carboxylic acids is 1. The van der Waals surface area contributed by atoms with Gasteiger partial charge in [0.05, 0.1) is 7.11 Å². The van der Waals surface area contributed by atoms with Crippen LogP contribution >= 0.6 is 15.9 Å². The highest BCUT2D eigenvalue weighted by atomic mass is 79.9. The van der Waals surface area contributed by atoms with Crippen LogP contribution in [0.5, 0.6) is 5.75 Å². The lowest BCUT2D eigenvalue weighted by Crippen LogP contribution is -2.23. The van der Waals surface area contributed by atoms with Gasteiger partial charge in [0.1, 0.15) is 22.8 Å². The van der Waals surface area contributed by atoms with Crippen molar-refractivity contribution in [2.75, 3.05) is 7.11 Å². The Morgan fingerprint density at radius 3 is 2.66 bits per heavy atom. The predicted octanol–water partition coefficient (Wildman–Crippen LogP) is 4.17. The van der Waals surface area contributed by atoms with Crippen LogP contribution in [-0.2, 0) is 6.54 Å². The van der Waals surface area contributed by atoms with E-state index in [-0.39, 0.29) is 5.91 Å². The Balaban J connectivity index is 1.50. The summed E-state index contributed by atoms with van der Waals surface area (Å²) in [6, 6.07) is 17.2. The summed E-state index contributed by atoms with van der Waals surface area (Å²) in [5.41, 5.74) is 4.50. The highest BCUT2D eigenvalue weighted by Crippen LogP contribution is 2.30. The molecule has 2 aromatic carbocycles. The third-order valence-corrected chi connectivity index (χ3v) is 4.93. The molecule has 0 saturated carbocycles. The molecule has 4 rings (SSSR count). The Morgan fingerprint density at radius 1 is 1.07 bits per heavy atom. The zero-order chi connectivity index (χ0) is 20.2. The van der Waals surface area contributed by atoms with Crippen LogP contribution in [0, 0.1) is 0 Å². The van der Waals surface area contributed by atoms with Crippen LogP contribution in [0.25, 0.3) is 22.5 Å². The van der Waals surface area contributed by atoms with Gasteiger partial charge >= 0.3 is 0 Å². The number of H-pyrrole nitrogens is 2. The zero-order valence-electron chi connectivity index (χ0n) is 15.6. The highest BCUT2D eigenvalue weighted by molar-refractivity contribution is 9.10. The summed E-state index contributed by atoms with van der Waals surface area (Å²) in [7, 11) is 1.62. The monoisotopic (exact) mass is 451 g/mol. The minimum absolute atomic E-state index is 0.202. The summed E-state index contributed by atoms with van der Waals surface area (Å²) in [6.45, 7) is 0.400. The standard InChI is InChI=1S/C21H18BrN5O2/c1-29-17-7-2-4-13(8-17)11-24-21(28)18-10-15(12-23-18)20-19(25-27-26-20)14-5-3-6-16(22)9-14/h2-10,12,23H,11H2,1H3,(H,24,28)(H,25,26,27). The van der Waals surface area contributed by atoms with Crippen LogP contribution in [0.3, 0.4) is 0 Å². The molecule has 0 fully saturated rings. The van der Waals surface area contributed by atoms with E-state index in [1.807, 2.05) is 48.5 Å². The minimum Gasteiger partial charge on any atom is -0.497 e. The second kappa shape index (κ2) is 8.32. The van der Waals surface area contributed by atoms with E-state index in [9.17, 15) is 4.79 Å². The Hall–Kier alpha value is -3.39. The quantitative estimate of drug-likeness (QED) is 0.409. The molecular formula is C21H18BrN5O2. The van der Waals surface area contributed by atoms with E-state index in [0.717, 1.165) is 26.9 Å². The van der Waals surface area contributed by atoms with Crippen molar-refractivity contribution in [2.45, 2.75) is 6.54 Å². The molecule has 0 atom stereocenters. The van der Waals surface area contributed by atoms with E-state index < -0.39 is 0 Å². The van der Waals surface area contributed by atoms with Gasteiger partial charge in [-0.1, -0.05) is 40.2 Å². The Labute approximate surface area is 175 Å². The number of nitrogens with zero attached hydrogens (tertiary/aromatic N) is 2. The number of nitrogens with one attached hydrogen (secondary N) is 3. The van der Waals surface area contributed by atoms with Crippen molar-refractivity contribution in [2.24, 2.45) is 0 Å². The summed E-state index contributed by atoms with van der Waals surface area (Å²) in [5.74, 6) is 0.552. The summed E-state index contributed by atoms with van der Waals surface area (Å²) >= 11 is 3.47. The minimum atomic E-state index is -0.202. The molecule has 0 bridgehead atoms. The van der Waals surface area contributed by atoms with Gasteiger partial charge < -0.3 is 15.0 Å². The largest absolute Gasteiger partial charge is 0.497 e. The Kier molecular flexibility index (Phi) is 5.44. The average Bonchev–Trinajstić information content (AvgIpc) is 3.41. The zero-order valence-corrected chi connectivity index (χ0v) is 17.2. The second-order valence-electron chi connectivity index (χ2n) is 6.37. The molecule has 0 aliphatic carbocycles. The van der Waals surface area contributed by atoms with Gasteiger partial charge in [0.2, 0.25) is 0 Å². The van der Waals surface area contributed by atoms with Gasteiger partial charge in [-0.05, 0) is 35.9 Å². The van der Waals surface area contributed by atoms with E-state index in [2.05, 4.69) is 41.6 Å². The maximum atomic E-state index is 12.5. The number of benzene rings is 2. The molecule has 0 saturated heterocycles. The van der Waals surface area contributed by atoms with E-state index in [4.69, 9.17) is 4.74 Å². The maximum Gasteiger partial charge on any atom is 0.267 e. The average molecular weight is 452 g/mol. The first-order valence-electron chi connectivity index (χ1n) is 8.90. The molecule has 2 aromatic heterocycles. The van der Waals surface area contributed by atoms with E-state index in [0.29, 0.717) is 23.6 Å². The fourth-order valence-corrected chi connectivity index (χ4v) is 3.39. The normalized spacial score (nSPS) is 10.7. The van der Waals surface area contributed by atoms with Gasteiger partial charge in [-0.25, -0.2) is 0 Å². The molecule has 0 radical (unpaired) electrons. The number of hydrogen-bond donors (Lipinski definition) is 3. The van der Waals surface area contributed by atoms with E-state index in [1.165, 1.54) is 0 Å². The van der Waals surface area contributed by atoms with Crippen LogP contribution in [0.2, 0.25) is 0 Å². The second-order valence-corrected chi connectivity index (χ2v) is 7.28. The fraction of sp³-hybridized carbons (Fsp3) is 0.0952. The number of ether oxygens (including phenoxy) is 1. The van der Waals surface area contributed by atoms with Crippen molar-refractivity contribution in [1.82, 2.24) is 25.7 Å². The molecule has 1 amide bonds. The van der Waals surface area contributed by atoms with Gasteiger partial charge in [-0.2, -0.15) is 15.4 Å². The van der Waals surface area contributed by atoms with Crippen LogP contribution in [0.15, 0.2) is 65.3 Å². The maximum absolute atomic E-state index is 12.5. The third-order valence-electron chi connectivity index (χ3n) is 4.43. The number of carbonyl (C=O) groups is 1. The van der Waals surface area contributed by atoms with Crippen molar-refractivity contribution in [1.29, 1.82) is 0 Å². The third kappa shape index (κ3) is 4.22. The van der Waals surface area contributed by atoms with Gasteiger partial charge in [0.15, 0.2) is 0 Å². The smallest absolute Gasteiger partial charge is 0.267 e. The fourth-order valence-electron chi connectivity index (χ4n) is 2.99. The Bertz CT molecular complexity index is 1150. The first kappa shape index (κ1) is 18.9. The predicted molar refractivity (Wildman–Crippen MR) is 113 cm³/mol. The Morgan fingerprint density at radius 2 is 1.86 bits per heavy atom. The van der Waals surface area contributed by atoms with Crippen LogP contribution < -0.4 is 10.1 Å². The molecule has 29 heavy (non-hydrogen) atoms. The number of aromatic nitrogens is 4.